The van der Waals surface area contributed by atoms with E-state index in [0.29, 0.717) is 5.15 Å². The maximum absolute atomic E-state index is 5.74. The lowest BCUT2D eigenvalue weighted by Gasteiger charge is -2.09. The molecule has 0 aliphatic heterocycles. The summed E-state index contributed by atoms with van der Waals surface area (Å²) in [6.07, 6.45) is 2.73. The van der Waals surface area contributed by atoms with Gasteiger partial charge in [0.25, 0.3) is 0 Å². The largest absolute Gasteiger partial charge is 0.494 e. The minimum Gasteiger partial charge on any atom is -0.494 e. The summed E-state index contributed by atoms with van der Waals surface area (Å²) >= 11 is 5.74. The zero-order chi connectivity index (χ0) is 13.5. The molecule has 100 valence electrons. The van der Waals surface area contributed by atoms with Gasteiger partial charge in [0.2, 0.25) is 0 Å². The molecule has 0 atom stereocenters. The van der Waals surface area contributed by atoms with Crippen molar-refractivity contribution in [1.29, 1.82) is 0 Å². The second-order valence-corrected chi connectivity index (χ2v) is 4.61. The molecule has 1 heterocycles. The molecule has 2 aromatic rings. The smallest absolute Gasteiger partial charge is 0.129 e. The monoisotopic (exact) mass is 276 g/mol. The molecule has 0 saturated carbocycles. The predicted molar refractivity (Wildman–Crippen MR) is 78.8 cm³/mol. The summed E-state index contributed by atoms with van der Waals surface area (Å²) in [6.45, 7) is 3.57. The summed E-state index contributed by atoms with van der Waals surface area (Å²) in [5.74, 6) is 0.912. The fourth-order valence-electron chi connectivity index (χ4n) is 1.65. The highest BCUT2D eigenvalue weighted by molar-refractivity contribution is 6.29. The molecule has 1 aromatic carbocycles. The molecule has 0 aliphatic rings. The van der Waals surface area contributed by atoms with Gasteiger partial charge in [-0.1, -0.05) is 30.7 Å². The van der Waals surface area contributed by atoms with Gasteiger partial charge in [-0.2, -0.15) is 0 Å². The van der Waals surface area contributed by atoms with Gasteiger partial charge in [0.05, 0.1) is 18.5 Å². The predicted octanol–water partition coefficient (Wildman–Crippen LogP) is 4.14. The zero-order valence-corrected chi connectivity index (χ0v) is 11.7. The van der Waals surface area contributed by atoms with Crippen LogP contribution in [0.2, 0.25) is 5.15 Å². The highest BCUT2D eigenvalue weighted by Gasteiger charge is 1.98. The first-order valence-electron chi connectivity index (χ1n) is 6.35. The standard InChI is InChI=1S/C15H17ClN2O/c1-2-8-19-14-5-3-4-12(9-14)10-17-13-6-7-15(16)18-11-13/h3-7,9,11,17H,2,8,10H2,1H3. The lowest BCUT2D eigenvalue weighted by Crippen LogP contribution is -2.01. The van der Waals surface area contributed by atoms with E-state index in [0.717, 1.165) is 31.0 Å². The van der Waals surface area contributed by atoms with E-state index >= 15 is 0 Å². The van der Waals surface area contributed by atoms with Gasteiger partial charge >= 0.3 is 0 Å². The van der Waals surface area contributed by atoms with Crippen molar-refractivity contribution in [2.75, 3.05) is 11.9 Å². The zero-order valence-electron chi connectivity index (χ0n) is 10.9. The summed E-state index contributed by atoms with van der Waals surface area (Å²) < 4.78 is 5.61. The molecule has 0 spiro atoms. The third kappa shape index (κ3) is 4.45. The van der Waals surface area contributed by atoms with Gasteiger partial charge in [0.1, 0.15) is 10.9 Å². The minimum atomic E-state index is 0.500. The van der Waals surface area contributed by atoms with Gasteiger partial charge in [-0.3, -0.25) is 0 Å². The third-order valence-corrected chi connectivity index (χ3v) is 2.82. The minimum absolute atomic E-state index is 0.500. The van der Waals surface area contributed by atoms with Crippen molar-refractivity contribution >= 4 is 17.3 Å². The molecule has 19 heavy (non-hydrogen) atoms. The molecule has 0 aliphatic carbocycles. The topological polar surface area (TPSA) is 34.1 Å². The van der Waals surface area contributed by atoms with Crippen LogP contribution in [0.5, 0.6) is 5.75 Å². The van der Waals surface area contributed by atoms with Gasteiger partial charge in [-0.25, -0.2) is 4.98 Å². The van der Waals surface area contributed by atoms with Gasteiger partial charge in [-0.05, 0) is 36.2 Å². The van der Waals surface area contributed by atoms with Crippen LogP contribution in [-0.4, -0.2) is 11.6 Å². The number of rotatable bonds is 6. The fraction of sp³-hybridized carbons (Fsp3) is 0.267. The first kappa shape index (κ1) is 13.7. The van der Waals surface area contributed by atoms with E-state index in [4.69, 9.17) is 16.3 Å². The highest BCUT2D eigenvalue weighted by atomic mass is 35.5. The van der Waals surface area contributed by atoms with Gasteiger partial charge in [0.15, 0.2) is 0 Å². The Labute approximate surface area is 118 Å². The lowest BCUT2D eigenvalue weighted by atomic mass is 10.2. The van der Waals surface area contributed by atoms with Crippen LogP contribution in [0, 0.1) is 0 Å². The summed E-state index contributed by atoms with van der Waals surface area (Å²) in [6, 6.07) is 11.8. The fourth-order valence-corrected chi connectivity index (χ4v) is 1.76. The van der Waals surface area contributed by atoms with Crippen molar-refractivity contribution in [3.63, 3.8) is 0 Å². The maximum atomic E-state index is 5.74. The molecule has 0 bridgehead atoms. The van der Waals surface area contributed by atoms with Gasteiger partial charge < -0.3 is 10.1 Å². The van der Waals surface area contributed by atoms with Crippen LogP contribution in [0.15, 0.2) is 42.6 Å². The molecule has 0 radical (unpaired) electrons. The van der Waals surface area contributed by atoms with Crippen LogP contribution in [0.3, 0.4) is 0 Å². The molecular weight excluding hydrogens is 260 g/mol. The summed E-state index contributed by atoms with van der Waals surface area (Å²) in [4.78, 5) is 4.03. The molecule has 0 amide bonds. The molecule has 0 unspecified atom stereocenters. The van der Waals surface area contributed by atoms with E-state index in [1.807, 2.05) is 24.3 Å². The van der Waals surface area contributed by atoms with Crippen molar-refractivity contribution in [1.82, 2.24) is 4.98 Å². The van der Waals surface area contributed by atoms with E-state index in [1.165, 1.54) is 5.56 Å². The molecule has 0 fully saturated rings. The first-order chi connectivity index (χ1) is 9.28. The number of hydrogen-bond donors (Lipinski definition) is 1. The van der Waals surface area contributed by atoms with Crippen molar-refractivity contribution in [3.05, 3.63) is 53.3 Å². The first-order valence-corrected chi connectivity index (χ1v) is 6.73. The Morgan fingerprint density at radius 2 is 2.16 bits per heavy atom. The maximum Gasteiger partial charge on any atom is 0.129 e. The second-order valence-electron chi connectivity index (χ2n) is 4.22. The van der Waals surface area contributed by atoms with Crippen LogP contribution >= 0.6 is 11.6 Å². The molecular formula is C15H17ClN2O. The number of benzene rings is 1. The number of ether oxygens (including phenoxy) is 1. The molecule has 2 rings (SSSR count). The highest BCUT2D eigenvalue weighted by Crippen LogP contribution is 2.16. The van der Waals surface area contributed by atoms with E-state index in [9.17, 15) is 0 Å². The Kier molecular flexibility index (Phi) is 5.04. The van der Waals surface area contributed by atoms with E-state index in [1.54, 1.807) is 12.3 Å². The molecule has 1 aromatic heterocycles. The van der Waals surface area contributed by atoms with Crippen LogP contribution in [0.4, 0.5) is 5.69 Å². The van der Waals surface area contributed by atoms with E-state index in [-0.39, 0.29) is 0 Å². The molecule has 4 heteroatoms. The Bertz CT molecular complexity index is 514. The van der Waals surface area contributed by atoms with Crippen LogP contribution in [0.25, 0.3) is 0 Å². The lowest BCUT2D eigenvalue weighted by molar-refractivity contribution is 0.317. The van der Waals surface area contributed by atoms with E-state index in [2.05, 4.69) is 23.3 Å². The van der Waals surface area contributed by atoms with Gasteiger partial charge in [0, 0.05) is 6.54 Å². The quantitative estimate of drug-likeness (QED) is 0.806. The SMILES string of the molecule is CCCOc1cccc(CNc2ccc(Cl)nc2)c1. The molecule has 0 saturated heterocycles. The molecule has 3 nitrogen and oxygen atoms in total. The number of nitrogens with zero attached hydrogens (tertiary/aromatic N) is 1. The number of pyridine rings is 1. The van der Waals surface area contributed by atoms with Gasteiger partial charge in [-0.15, -0.1) is 0 Å². The summed E-state index contributed by atoms with van der Waals surface area (Å²) in [5, 5.41) is 3.80. The third-order valence-electron chi connectivity index (χ3n) is 2.60. The van der Waals surface area contributed by atoms with Crippen LogP contribution in [0.1, 0.15) is 18.9 Å². The number of aromatic nitrogens is 1. The Morgan fingerprint density at radius 3 is 2.89 bits per heavy atom. The number of nitrogens with one attached hydrogen (secondary N) is 1. The van der Waals surface area contributed by atoms with Crippen molar-refractivity contribution < 1.29 is 4.74 Å². The number of anilines is 1. The number of hydrogen-bond acceptors (Lipinski definition) is 3. The van der Waals surface area contributed by atoms with Crippen molar-refractivity contribution in [3.8, 4) is 5.75 Å². The second kappa shape index (κ2) is 7.00. The summed E-state index contributed by atoms with van der Waals surface area (Å²) in [5.41, 5.74) is 2.12. The Balaban J connectivity index is 1.93. The summed E-state index contributed by atoms with van der Waals surface area (Å²) in [7, 11) is 0. The van der Waals surface area contributed by atoms with Crippen LogP contribution in [-0.2, 0) is 6.54 Å². The average Bonchev–Trinajstić information content (AvgIpc) is 2.45. The Hall–Kier alpha value is -1.74. The normalized spacial score (nSPS) is 10.2. The Morgan fingerprint density at radius 1 is 1.26 bits per heavy atom. The van der Waals surface area contributed by atoms with Crippen molar-refractivity contribution in [2.45, 2.75) is 19.9 Å². The average molecular weight is 277 g/mol. The van der Waals surface area contributed by atoms with Crippen LogP contribution < -0.4 is 10.1 Å². The van der Waals surface area contributed by atoms with E-state index < -0.39 is 0 Å². The van der Waals surface area contributed by atoms with Crippen molar-refractivity contribution in [2.24, 2.45) is 0 Å². The number of halogens is 1. The molecule has 1 N–H and O–H groups in total.